The summed E-state index contributed by atoms with van der Waals surface area (Å²) in [6.45, 7) is 0. The SMILES string of the molecule is NC(=S)[NH][Pd]. The molecule has 0 aromatic rings. The zero-order valence-electron chi connectivity index (χ0n) is 2.30. The first-order chi connectivity index (χ1) is 2.27. The van der Waals surface area contributed by atoms with Crippen LogP contribution < -0.4 is 9.68 Å². The van der Waals surface area contributed by atoms with Crippen molar-refractivity contribution < 1.29 is 19.4 Å². The number of rotatable bonds is 0. The maximum absolute atomic E-state index is 4.87. The summed E-state index contributed by atoms with van der Waals surface area (Å²) in [5.74, 6) is 0. The Morgan fingerprint density at radius 2 is 2.20 bits per heavy atom. The molecule has 0 aliphatic carbocycles. The Balaban J connectivity index is 2.85. The molecular weight excluding hydrogens is 179 g/mol. The second kappa shape index (κ2) is 2.58. The van der Waals surface area contributed by atoms with Crippen LogP contribution in [0.1, 0.15) is 0 Å². The fraction of sp³-hybridized carbons (Fsp3) is 0. The summed E-state index contributed by atoms with van der Waals surface area (Å²) < 4.78 is 2.39. The van der Waals surface area contributed by atoms with Gasteiger partial charge in [0, 0.05) is 0 Å². The molecule has 4 heteroatoms. The Hall–Kier alpha value is 0.352. The van der Waals surface area contributed by atoms with Crippen LogP contribution in [-0.4, -0.2) is 5.11 Å². The molecule has 33 valence electrons. The molecule has 0 saturated carbocycles. The van der Waals surface area contributed by atoms with E-state index in [1.54, 1.807) is 0 Å². The Kier molecular flexibility index (Phi) is 2.76. The molecule has 0 fully saturated rings. The van der Waals surface area contributed by atoms with Gasteiger partial charge in [-0.15, -0.1) is 0 Å². The molecule has 0 aromatic heterocycles. The third kappa shape index (κ3) is 4.35. The van der Waals surface area contributed by atoms with Crippen molar-refractivity contribution in [1.82, 2.24) is 3.95 Å². The molecule has 0 aliphatic heterocycles. The topological polar surface area (TPSA) is 38.0 Å². The van der Waals surface area contributed by atoms with E-state index in [0.29, 0.717) is 0 Å². The third-order valence-electron chi connectivity index (χ3n) is 0.0779. The van der Waals surface area contributed by atoms with Crippen molar-refractivity contribution in [3.8, 4) is 0 Å². The second-order valence-electron chi connectivity index (χ2n) is 0.443. The van der Waals surface area contributed by atoms with E-state index in [9.17, 15) is 0 Å². The zero-order chi connectivity index (χ0) is 4.28. The first-order valence-corrected chi connectivity index (χ1v) is 2.09. The normalized spacial score (nSPS) is 6.80. The van der Waals surface area contributed by atoms with E-state index in [-0.39, 0.29) is 5.11 Å². The molecule has 0 aliphatic rings. The summed E-state index contributed by atoms with van der Waals surface area (Å²) in [7, 11) is 0. The molecule has 0 atom stereocenters. The summed E-state index contributed by atoms with van der Waals surface area (Å²) in [5.41, 5.74) is 4.87. The summed E-state index contributed by atoms with van der Waals surface area (Å²) in [5, 5.41) is 0.271. The van der Waals surface area contributed by atoms with Crippen LogP contribution in [0, 0.1) is 0 Å². The molecular formula is CH3N2PdS. The van der Waals surface area contributed by atoms with Gasteiger partial charge in [-0.1, -0.05) is 0 Å². The van der Waals surface area contributed by atoms with Crippen molar-refractivity contribution in [1.29, 1.82) is 0 Å². The fourth-order valence-corrected chi connectivity index (χ4v) is 0. The Labute approximate surface area is 46.8 Å². The number of thiocarbonyl (C=S) groups is 1. The van der Waals surface area contributed by atoms with Gasteiger partial charge in [0.05, 0.1) is 0 Å². The van der Waals surface area contributed by atoms with E-state index in [2.05, 4.69) is 35.6 Å². The Morgan fingerprint density at radius 3 is 2.20 bits per heavy atom. The molecule has 0 saturated heterocycles. The quantitative estimate of drug-likeness (QED) is 0.383. The van der Waals surface area contributed by atoms with Crippen LogP contribution in [0.25, 0.3) is 0 Å². The Morgan fingerprint density at radius 1 is 2.00 bits per heavy atom. The van der Waals surface area contributed by atoms with Crippen LogP contribution in [0.4, 0.5) is 0 Å². The van der Waals surface area contributed by atoms with Crippen molar-refractivity contribution in [3.63, 3.8) is 0 Å². The Bertz CT molecular complexity index is 44.9. The van der Waals surface area contributed by atoms with E-state index >= 15 is 0 Å². The minimum atomic E-state index is 0.271. The van der Waals surface area contributed by atoms with Crippen LogP contribution in [0.5, 0.6) is 0 Å². The molecule has 0 amide bonds. The van der Waals surface area contributed by atoms with E-state index < -0.39 is 0 Å². The number of hydrogen-bond donors (Lipinski definition) is 2. The van der Waals surface area contributed by atoms with Gasteiger partial charge in [-0.05, 0) is 0 Å². The number of nitrogens with two attached hydrogens (primary N) is 1. The van der Waals surface area contributed by atoms with Gasteiger partial charge in [0.25, 0.3) is 0 Å². The summed E-state index contributed by atoms with van der Waals surface area (Å²) in [6, 6.07) is 0. The molecule has 0 radical (unpaired) electrons. The van der Waals surface area contributed by atoms with E-state index in [1.165, 1.54) is 0 Å². The van der Waals surface area contributed by atoms with Crippen molar-refractivity contribution >= 4 is 17.3 Å². The average molecular weight is 182 g/mol. The molecule has 0 rings (SSSR count). The standard InChI is InChI=1S/CH4N2S.Pd/c2-1(3)4;/h(H4,2,3,4);/q;+1/p-1. The minimum absolute atomic E-state index is 0.271. The van der Waals surface area contributed by atoms with Crippen molar-refractivity contribution in [3.05, 3.63) is 0 Å². The zero-order valence-corrected chi connectivity index (χ0v) is 4.67. The first-order valence-electron chi connectivity index (χ1n) is 0.901. The van der Waals surface area contributed by atoms with Crippen LogP contribution in [-0.2, 0) is 19.4 Å². The van der Waals surface area contributed by atoms with E-state index in [1.807, 2.05) is 0 Å². The van der Waals surface area contributed by atoms with Crippen molar-refractivity contribution in [2.45, 2.75) is 0 Å². The van der Waals surface area contributed by atoms with Crippen LogP contribution in [0.2, 0.25) is 0 Å². The molecule has 0 unspecified atom stereocenters. The van der Waals surface area contributed by atoms with Crippen LogP contribution in [0.15, 0.2) is 0 Å². The molecule has 0 heterocycles. The third-order valence-corrected chi connectivity index (χ3v) is 0.843. The molecule has 0 bridgehead atoms. The van der Waals surface area contributed by atoms with E-state index in [0.717, 1.165) is 0 Å². The molecule has 0 aromatic carbocycles. The van der Waals surface area contributed by atoms with Crippen LogP contribution in [0.3, 0.4) is 0 Å². The maximum atomic E-state index is 4.87. The van der Waals surface area contributed by atoms with Gasteiger partial charge in [0.1, 0.15) is 0 Å². The van der Waals surface area contributed by atoms with Gasteiger partial charge >= 0.3 is 46.5 Å². The molecule has 2 nitrogen and oxygen atoms in total. The monoisotopic (exact) mass is 181 g/mol. The number of nitrogens with one attached hydrogen (secondary N) is 1. The van der Waals surface area contributed by atoms with Gasteiger partial charge in [-0.2, -0.15) is 0 Å². The summed E-state index contributed by atoms with van der Waals surface area (Å²) >= 11 is 6.90. The van der Waals surface area contributed by atoms with Gasteiger partial charge in [-0.3, -0.25) is 0 Å². The van der Waals surface area contributed by atoms with Gasteiger partial charge < -0.3 is 0 Å². The second-order valence-corrected chi connectivity index (χ2v) is 1.27. The van der Waals surface area contributed by atoms with Crippen molar-refractivity contribution in [2.24, 2.45) is 5.73 Å². The summed E-state index contributed by atoms with van der Waals surface area (Å²) in [6.07, 6.45) is 0. The fourth-order valence-electron chi connectivity index (χ4n) is 0. The molecule has 5 heavy (non-hydrogen) atoms. The predicted molar refractivity (Wildman–Crippen MR) is 19.9 cm³/mol. The van der Waals surface area contributed by atoms with E-state index in [4.69, 9.17) is 5.73 Å². The van der Waals surface area contributed by atoms with Gasteiger partial charge in [-0.25, -0.2) is 0 Å². The summed E-state index contributed by atoms with van der Waals surface area (Å²) in [4.78, 5) is 0. The molecule has 3 N–H and O–H groups in total. The van der Waals surface area contributed by atoms with Gasteiger partial charge in [0.15, 0.2) is 0 Å². The van der Waals surface area contributed by atoms with Crippen LogP contribution >= 0.6 is 12.2 Å². The van der Waals surface area contributed by atoms with Gasteiger partial charge in [0.2, 0.25) is 0 Å². The predicted octanol–water partition coefficient (Wildman–Crippen LogP) is -0.719. The van der Waals surface area contributed by atoms with Crippen molar-refractivity contribution in [2.75, 3.05) is 0 Å². The number of hydrogen-bond acceptors (Lipinski definition) is 1. The average Bonchev–Trinajstić information content (AvgIpc) is 1.38. The first kappa shape index (κ1) is 5.35. The molecule has 0 spiro atoms.